The number of hydrogen-bond acceptors (Lipinski definition) is 3. The Hall–Kier alpha value is -0.680. The van der Waals surface area contributed by atoms with Gasteiger partial charge in [0.1, 0.15) is 5.75 Å². The quantitative estimate of drug-likeness (QED) is 0.599. The Morgan fingerprint density at radius 2 is 2.00 bits per heavy atom. The molecule has 25 heavy (non-hydrogen) atoms. The average Bonchev–Trinajstić information content (AvgIpc) is 2.57. The summed E-state index contributed by atoms with van der Waals surface area (Å²) in [6.07, 6.45) is 6.78. The summed E-state index contributed by atoms with van der Waals surface area (Å²) in [5.41, 5.74) is 1.32. The third-order valence-corrected chi connectivity index (χ3v) is 6.49. The normalized spacial score (nSPS) is 15.8. The molecule has 0 bridgehead atoms. The lowest BCUT2D eigenvalue weighted by atomic mass is 9.87. The first-order chi connectivity index (χ1) is 11.9. The average molecular weight is 428 g/mol. The van der Waals surface area contributed by atoms with Gasteiger partial charge in [-0.1, -0.05) is 46.1 Å². The van der Waals surface area contributed by atoms with Crippen LogP contribution in [0, 0.1) is 0 Å². The first-order valence-corrected chi connectivity index (χ1v) is 11.0. The molecule has 3 nitrogen and oxygen atoms in total. The summed E-state index contributed by atoms with van der Waals surface area (Å²) in [6.45, 7) is 7.30. The zero-order chi connectivity index (χ0) is 18.3. The van der Waals surface area contributed by atoms with Crippen LogP contribution in [0.4, 0.5) is 0 Å². The maximum absolute atomic E-state index is 11.9. The van der Waals surface area contributed by atoms with Gasteiger partial charge in [0.25, 0.3) is 5.91 Å². The highest BCUT2D eigenvalue weighted by Gasteiger charge is 2.16. The molecule has 0 spiro atoms. The molecule has 1 saturated carbocycles. The highest BCUT2D eigenvalue weighted by molar-refractivity contribution is 9.10. The van der Waals surface area contributed by atoms with E-state index in [9.17, 15) is 4.79 Å². The van der Waals surface area contributed by atoms with Gasteiger partial charge in [0.2, 0.25) is 0 Å². The molecule has 140 valence electrons. The summed E-state index contributed by atoms with van der Waals surface area (Å²) >= 11 is 5.53. The van der Waals surface area contributed by atoms with Gasteiger partial charge in [-0.3, -0.25) is 4.79 Å². The van der Waals surface area contributed by atoms with E-state index in [1.165, 1.54) is 37.7 Å². The monoisotopic (exact) mass is 427 g/mol. The Morgan fingerprint density at radius 1 is 1.28 bits per heavy atom. The lowest BCUT2D eigenvalue weighted by Crippen LogP contribution is -2.31. The molecule has 1 fully saturated rings. The summed E-state index contributed by atoms with van der Waals surface area (Å²) in [7, 11) is 0. The SMILES string of the molecule is CC(C)(C)c1ccc(OCC(=O)NCCSC2CCCCC2)c(Br)c1. The number of hydrogen-bond donors (Lipinski definition) is 1. The van der Waals surface area contributed by atoms with Gasteiger partial charge in [-0.15, -0.1) is 0 Å². The number of amides is 1. The van der Waals surface area contributed by atoms with Crippen LogP contribution in [0.25, 0.3) is 0 Å². The molecule has 1 amide bonds. The van der Waals surface area contributed by atoms with E-state index >= 15 is 0 Å². The second-order valence-corrected chi connectivity index (χ2v) is 9.93. The molecule has 0 aliphatic heterocycles. The van der Waals surface area contributed by atoms with Gasteiger partial charge in [-0.05, 0) is 51.9 Å². The summed E-state index contributed by atoms with van der Waals surface area (Å²) < 4.78 is 6.54. The largest absolute Gasteiger partial charge is 0.483 e. The minimum Gasteiger partial charge on any atom is -0.483 e. The van der Waals surface area contributed by atoms with Crippen molar-refractivity contribution in [3.63, 3.8) is 0 Å². The summed E-state index contributed by atoms with van der Waals surface area (Å²) in [5, 5.41) is 3.74. The van der Waals surface area contributed by atoms with Crippen molar-refractivity contribution in [2.45, 2.75) is 63.5 Å². The van der Waals surface area contributed by atoms with Crippen LogP contribution in [0.15, 0.2) is 22.7 Å². The van der Waals surface area contributed by atoms with Crippen molar-refractivity contribution in [1.82, 2.24) is 5.32 Å². The number of carbonyl (C=O) groups excluding carboxylic acids is 1. The van der Waals surface area contributed by atoms with Crippen molar-refractivity contribution in [3.05, 3.63) is 28.2 Å². The number of rotatable bonds is 7. The van der Waals surface area contributed by atoms with E-state index in [-0.39, 0.29) is 17.9 Å². The summed E-state index contributed by atoms with van der Waals surface area (Å²) in [4.78, 5) is 11.9. The van der Waals surface area contributed by atoms with Crippen LogP contribution in [0.5, 0.6) is 5.75 Å². The van der Waals surface area contributed by atoms with E-state index in [0.29, 0.717) is 12.3 Å². The predicted octanol–water partition coefficient (Wildman–Crippen LogP) is 5.31. The maximum Gasteiger partial charge on any atom is 0.257 e. The number of benzene rings is 1. The topological polar surface area (TPSA) is 38.3 Å². The highest BCUT2D eigenvalue weighted by atomic mass is 79.9. The van der Waals surface area contributed by atoms with Gasteiger partial charge in [0.15, 0.2) is 6.61 Å². The molecule has 0 saturated heterocycles. The molecule has 1 N–H and O–H groups in total. The number of carbonyl (C=O) groups is 1. The van der Waals surface area contributed by atoms with E-state index in [0.717, 1.165) is 15.5 Å². The fourth-order valence-corrected chi connectivity index (χ4v) is 4.64. The van der Waals surface area contributed by atoms with E-state index in [1.54, 1.807) is 0 Å². The minimum absolute atomic E-state index is 0.0571. The molecule has 0 aromatic heterocycles. The van der Waals surface area contributed by atoms with Crippen molar-refractivity contribution in [2.24, 2.45) is 0 Å². The van der Waals surface area contributed by atoms with Crippen LogP contribution < -0.4 is 10.1 Å². The molecule has 5 heteroatoms. The smallest absolute Gasteiger partial charge is 0.257 e. The van der Waals surface area contributed by atoms with Crippen LogP contribution in [-0.2, 0) is 10.2 Å². The fraction of sp³-hybridized carbons (Fsp3) is 0.650. The zero-order valence-electron chi connectivity index (χ0n) is 15.6. The lowest BCUT2D eigenvalue weighted by Gasteiger charge is -2.21. The molecular formula is C20H30BrNO2S. The fourth-order valence-electron chi connectivity index (χ4n) is 2.93. The van der Waals surface area contributed by atoms with Gasteiger partial charge in [-0.25, -0.2) is 0 Å². The number of halogens is 1. The van der Waals surface area contributed by atoms with Crippen molar-refractivity contribution >= 4 is 33.6 Å². The molecule has 0 radical (unpaired) electrons. The molecule has 1 aromatic carbocycles. The van der Waals surface area contributed by atoms with Crippen molar-refractivity contribution in [1.29, 1.82) is 0 Å². The van der Waals surface area contributed by atoms with E-state index < -0.39 is 0 Å². The second-order valence-electron chi connectivity index (χ2n) is 7.66. The number of nitrogens with one attached hydrogen (secondary N) is 1. The number of thioether (sulfide) groups is 1. The Balaban J connectivity index is 1.67. The van der Waals surface area contributed by atoms with E-state index in [4.69, 9.17) is 4.74 Å². The Labute approximate surface area is 164 Å². The second kappa shape index (κ2) is 9.86. The van der Waals surface area contributed by atoms with Crippen LogP contribution in [0.3, 0.4) is 0 Å². The molecule has 1 aromatic rings. The molecule has 2 rings (SSSR count). The minimum atomic E-state index is -0.0592. The van der Waals surface area contributed by atoms with Gasteiger partial charge < -0.3 is 10.1 Å². The van der Waals surface area contributed by atoms with Crippen molar-refractivity contribution in [2.75, 3.05) is 18.9 Å². The maximum atomic E-state index is 11.9. The van der Waals surface area contributed by atoms with Crippen LogP contribution in [0.2, 0.25) is 0 Å². The summed E-state index contributed by atoms with van der Waals surface area (Å²) in [6, 6.07) is 6.05. The highest BCUT2D eigenvalue weighted by Crippen LogP contribution is 2.31. The third-order valence-electron chi connectivity index (χ3n) is 4.49. The Morgan fingerprint density at radius 3 is 2.64 bits per heavy atom. The van der Waals surface area contributed by atoms with Gasteiger partial charge in [-0.2, -0.15) is 11.8 Å². The standard InChI is InChI=1S/C20H30BrNO2S/c1-20(2,3)15-9-10-18(17(21)13-15)24-14-19(23)22-11-12-25-16-7-5-4-6-8-16/h9-10,13,16H,4-8,11-12,14H2,1-3H3,(H,22,23). The molecule has 1 aliphatic rings. The molecule has 0 unspecified atom stereocenters. The molecule has 0 atom stereocenters. The van der Waals surface area contributed by atoms with E-state index in [1.807, 2.05) is 17.8 Å². The van der Waals surface area contributed by atoms with Crippen molar-refractivity contribution < 1.29 is 9.53 Å². The van der Waals surface area contributed by atoms with Gasteiger partial charge in [0, 0.05) is 17.5 Å². The Kier molecular flexibility index (Phi) is 8.14. The summed E-state index contributed by atoms with van der Waals surface area (Å²) in [5.74, 6) is 1.64. The van der Waals surface area contributed by atoms with Crippen LogP contribution in [0.1, 0.15) is 58.4 Å². The first kappa shape index (κ1) is 20.6. The van der Waals surface area contributed by atoms with E-state index in [2.05, 4.69) is 54.2 Å². The third kappa shape index (κ3) is 7.22. The lowest BCUT2D eigenvalue weighted by molar-refractivity contribution is -0.122. The van der Waals surface area contributed by atoms with Crippen molar-refractivity contribution in [3.8, 4) is 5.75 Å². The Bertz CT molecular complexity index is 565. The predicted molar refractivity (Wildman–Crippen MR) is 111 cm³/mol. The zero-order valence-corrected chi connectivity index (χ0v) is 18.0. The molecule has 1 aliphatic carbocycles. The number of ether oxygens (including phenoxy) is 1. The van der Waals surface area contributed by atoms with Crippen LogP contribution in [-0.4, -0.2) is 30.1 Å². The van der Waals surface area contributed by atoms with Gasteiger partial charge >= 0.3 is 0 Å². The molecular weight excluding hydrogens is 398 g/mol. The first-order valence-electron chi connectivity index (χ1n) is 9.17. The molecule has 0 heterocycles. The van der Waals surface area contributed by atoms with Gasteiger partial charge in [0.05, 0.1) is 4.47 Å². The van der Waals surface area contributed by atoms with Crippen LogP contribution >= 0.6 is 27.7 Å².